The summed E-state index contributed by atoms with van der Waals surface area (Å²) in [5.74, 6) is 0.383. The van der Waals surface area contributed by atoms with Gasteiger partial charge in [0.15, 0.2) is 0 Å². The molecular weight excluding hydrogens is 609 g/mol. The van der Waals surface area contributed by atoms with Crippen molar-refractivity contribution < 1.29 is 14.0 Å². The van der Waals surface area contributed by atoms with Crippen molar-refractivity contribution in [1.82, 2.24) is 9.80 Å². The number of piperidine rings is 2. The largest absolute Gasteiger partial charge is 0.444 e. The molecule has 0 aliphatic carbocycles. The minimum absolute atomic E-state index is 0.00418. The molecule has 250 valence electrons. The normalized spacial score (nSPS) is 25.7. The third-order valence-corrected chi connectivity index (χ3v) is 15.8. The van der Waals surface area contributed by atoms with Crippen LogP contribution in [0.2, 0.25) is 5.04 Å². The zero-order chi connectivity index (χ0) is 33.7. The lowest BCUT2D eigenvalue weighted by molar-refractivity contribution is -0.0454. The van der Waals surface area contributed by atoms with Crippen molar-refractivity contribution in [1.29, 1.82) is 0 Å². The molecule has 3 aliphatic heterocycles. The van der Waals surface area contributed by atoms with Crippen molar-refractivity contribution in [2.24, 2.45) is 5.92 Å². The second kappa shape index (κ2) is 12.6. The number of hydrogen-bond donors (Lipinski definition) is 0. The van der Waals surface area contributed by atoms with Gasteiger partial charge in [0.25, 0.3) is 8.32 Å². The average Bonchev–Trinajstić information content (AvgIpc) is 3.19. The van der Waals surface area contributed by atoms with Crippen molar-refractivity contribution in [2.75, 3.05) is 0 Å². The number of hydrogen-bond acceptors (Lipinski definition) is 4. The fraction of sp³-hybridized carbons (Fsp3) is 0.405. The molecule has 4 aromatic rings. The van der Waals surface area contributed by atoms with Gasteiger partial charge in [0.1, 0.15) is 5.60 Å². The molecule has 1 amide bonds. The highest BCUT2D eigenvalue weighted by Gasteiger charge is 2.66. The quantitative estimate of drug-likeness (QED) is 0.189. The van der Waals surface area contributed by atoms with Gasteiger partial charge in [0.2, 0.25) is 0 Å². The molecule has 3 aliphatic rings. The fourth-order valence-corrected chi connectivity index (χ4v) is 13.8. The van der Waals surface area contributed by atoms with Crippen molar-refractivity contribution in [3.8, 4) is 0 Å². The third-order valence-electron chi connectivity index (χ3n) is 10.8. The van der Waals surface area contributed by atoms with Crippen LogP contribution in [0.5, 0.6) is 0 Å². The lowest BCUT2D eigenvalue weighted by Crippen LogP contribution is -2.69. The molecule has 0 N–H and O–H groups in total. The molecule has 5 unspecified atom stereocenters. The minimum Gasteiger partial charge on any atom is -0.444 e. The molecule has 7 rings (SSSR count). The Balaban J connectivity index is 1.42. The van der Waals surface area contributed by atoms with Gasteiger partial charge in [-0.05, 0) is 66.1 Å². The van der Waals surface area contributed by atoms with Gasteiger partial charge in [-0.2, -0.15) is 0 Å². The molecule has 3 saturated heterocycles. The maximum Gasteiger partial charge on any atom is 0.410 e. The van der Waals surface area contributed by atoms with Crippen molar-refractivity contribution >= 4 is 24.8 Å². The van der Waals surface area contributed by atoms with Crippen LogP contribution in [0.15, 0.2) is 121 Å². The molecule has 0 radical (unpaired) electrons. The number of ether oxygens (including phenoxy) is 1. The number of rotatable bonds is 7. The van der Waals surface area contributed by atoms with Crippen LogP contribution in [0.3, 0.4) is 0 Å². The highest BCUT2D eigenvalue weighted by atomic mass is 28.4. The highest BCUT2D eigenvalue weighted by molar-refractivity contribution is 6.99. The van der Waals surface area contributed by atoms with Gasteiger partial charge in [0, 0.05) is 12.6 Å². The van der Waals surface area contributed by atoms with E-state index in [1.54, 1.807) is 0 Å². The lowest BCUT2D eigenvalue weighted by Gasteiger charge is -2.52. The Hall–Kier alpha value is -3.71. The standard InChI is InChI=1S/C42H50N2O3Si/c1-41(2,3)46-40(45)44-35-27-32-28-36(44)39(38(35)43(29-30-19-11-7-12-20-30)37(32)31-21-13-8-14-22-31)47-48(42(4,5)6,33-23-15-9-16-24-33)34-25-17-10-18-26-34/h7-26,32,35-39H,27-29H2,1-6H3/t32?,35?,36?,37?,38?,39-/m0/s1. The number of fused-ring (bicyclic) bond motifs is 2. The van der Waals surface area contributed by atoms with E-state index in [1.165, 1.54) is 21.5 Å². The van der Waals surface area contributed by atoms with Crippen LogP contribution < -0.4 is 10.4 Å². The molecule has 4 aromatic carbocycles. The first-order valence-electron chi connectivity index (χ1n) is 17.6. The summed E-state index contributed by atoms with van der Waals surface area (Å²) in [5.41, 5.74) is 2.03. The van der Waals surface area contributed by atoms with E-state index in [4.69, 9.17) is 9.16 Å². The molecule has 5 nitrogen and oxygen atoms in total. The number of carbonyl (C=O) groups excluding carboxylic acids is 1. The van der Waals surface area contributed by atoms with Crippen LogP contribution in [-0.2, 0) is 15.7 Å². The van der Waals surface area contributed by atoms with Crippen molar-refractivity contribution in [3.63, 3.8) is 0 Å². The van der Waals surface area contributed by atoms with E-state index >= 15 is 0 Å². The molecule has 3 heterocycles. The Morgan fingerprint density at radius 2 is 1.21 bits per heavy atom. The summed E-state index contributed by atoms with van der Waals surface area (Å²) in [5, 5.41) is 2.33. The molecule has 3 bridgehead atoms. The summed E-state index contributed by atoms with van der Waals surface area (Å²) in [6.07, 6.45) is 1.40. The first kappa shape index (κ1) is 32.8. The van der Waals surface area contributed by atoms with Crippen LogP contribution in [-0.4, -0.2) is 54.0 Å². The zero-order valence-electron chi connectivity index (χ0n) is 29.3. The maximum atomic E-state index is 14.3. The molecule has 6 heteroatoms. The number of likely N-dealkylation sites (tertiary alicyclic amines) is 1. The van der Waals surface area contributed by atoms with Crippen LogP contribution >= 0.6 is 0 Å². The Morgan fingerprint density at radius 1 is 0.708 bits per heavy atom. The first-order chi connectivity index (χ1) is 23.0. The van der Waals surface area contributed by atoms with Crippen LogP contribution in [0, 0.1) is 5.92 Å². The van der Waals surface area contributed by atoms with Gasteiger partial charge in [-0.15, -0.1) is 0 Å². The summed E-state index contributed by atoms with van der Waals surface area (Å²) in [6, 6.07) is 43.8. The average molecular weight is 659 g/mol. The Morgan fingerprint density at radius 3 is 1.73 bits per heavy atom. The van der Waals surface area contributed by atoms with E-state index in [0.717, 1.165) is 19.4 Å². The molecule has 3 fully saturated rings. The summed E-state index contributed by atoms with van der Waals surface area (Å²) in [4.78, 5) is 19.1. The van der Waals surface area contributed by atoms with Crippen molar-refractivity contribution in [2.45, 2.75) is 102 Å². The number of benzene rings is 4. The van der Waals surface area contributed by atoms with Gasteiger partial charge in [-0.3, -0.25) is 9.80 Å². The Bertz CT molecular complexity index is 1650. The SMILES string of the molecule is CC(C)(C)OC(=O)N1C2CC3CC1[C@H](O[Si](c1ccccc1)(c1ccccc1)C(C)(C)C)C2N(Cc1ccccc1)C3c1ccccc1. The Labute approximate surface area is 288 Å². The van der Waals surface area contributed by atoms with Crippen LogP contribution in [0.25, 0.3) is 0 Å². The molecule has 0 saturated carbocycles. The van der Waals surface area contributed by atoms with E-state index in [9.17, 15) is 4.79 Å². The summed E-state index contributed by atoms with van der Waals surface area (Å²) < 4.78 is 14.3. The van der Waals surface area contributed by atoms with E-state index in [2.05, 4.69) is 152 Å². The minimum atomic E-state index is -2.95. The van der Waals surface area contributed by atoms with Gasteiger partial charge in [-0.25, -0.2) is 4.79 Å². The topological polar surface area (TPSA) is 42.0 Å². The second-order valence-electron chi connectivity index (χ2n) is 16.0. The molecular formula is C42H50N2O3Si. The predicted octanol–water partition coefficient (Wildman–Crippen LogP) is 7.96. The maximum absolute atomic E-state index is 14.3. The van der Waals surface area contributed by atoms with Gasteiger partial charge >= 0.3 is 6.09 Å². The predicted molar refractivity (Wildman–Crippen MR) is 196 cm³/mol. The first-order valence-corrected chi connectivity index (χ1v) is 19.5. The van der Waals surface area contributed by atoms with Gasteiger partial charge in [-0.1, -0.05) is 142 Å². The molecule has 6 atom stereocenters. The molecule has 0 spiro atoms. The summed E-state index contributed by atoms with van der Waals surface area (Å²) >= 11 is 0. The van der Waals surface area contributed by atoms with Crippen molar-refractivity contribution in [3.05, 3.63) is 132 Å². The molecule has 48 heavy (non-hydrogen) atoms. The highest BCUT2D eigenvalue weighted by Crippen LogP contribution is 2.56. The summed E-state index contributed by atoms with van der Waals surface area (Å²) in [6.45, 7) is 13.7. The smallest absolute Gasteiger partial charge is 0.410 e. The van der Waals surface area contributed by atoms with E-state index in [0.29, 0.717) is 5.92 Å². The molecule has 0 aromatic heterocycles. The van der Waals surface area contributed by atoms with E-state index in [-0.39, 0.29) is 41.4 Å². The second-order valence-corrected chi connectivity index (χ2v) is 20.3. The number of carbonyl (C=O) groups is 1. The Kier molecular flexibility index (Phi) is 8.63. The summed E-state index contributed by atoms with van der Waals surface area (Å²) in [7, 11) is -2.95. The van der Waals surface area contributed by atoms with E-state index < -0.39 is 13.9 Å². The zero-order valence-corrected chi connectivity index (χ0v) is 30.3. The van der Waals surface area contributed by atoms with Gasteiger partial charge in [0.05, 0.1) is 24.2 Å². The fourth-order valence-electron chi connectivity index (χ4n) is 9.10. The lowest BCUT2D eigenvalue weighted by atomic mass is 9.77. The number of nitrogens with zero attached hydrogens (tertiary/aromatic N) is 2. The monoisotopic (exact) mass is 658 g/mol. The van der Waals surface area contributed by atoms with E-state index in [1.807, 2.05) is 20.8 Å². The number of amides is 1. The third kappa shape index (κ3) is 5.82. The van der Waals surface area contributed by atoms with Crippen LogP contribution in [0.4, 0.5) is 4.79 Å². The van der Waals surface area contributed by atoms with Crippen LogP contribution in [0.1, 0.15) is 71.6 Å². The van der Waals surface area contributed by atoms with Gasteiger partial charge < -0.3 is 9.16 Å².